The van der Waals surface area contributed by atoms with Crippen LogP contribution in [0.15, 0.2) is 28.2 Å². The van der Waals surface area contributed by atoms with Crippen LogP contribution in [-0.4, -0.2) is 21.9 Å². The molecule has 0 amide bonds. The van der Waals surface area contributed by atoms with E-state index in [4.69, 9.17) is 5.73 Å². The Kier molecular flexibility index (Phi) is 4.09. The van der Waals surface area contributed by atoms with Crippen LogP contribution in [0.1, 0.15) is 10.7 Å². The summed E-state index contributed by atoms with van der Waals surface area (Å²) in [6.45, 7) is 1.58. The Balaban J connectivity index is 1.95. The molecule has 2 N–H and O–H groups in total. The van der Waals surface area contributed by atoms with E-state index in [-0.39, 0.29) is 0 Å². The van der Waals surface area contributed by atoms with Gasteiger partial charge in [-0.2, -0.15) is 0 Å². The van der Waals surface area contributed by atoms with Crippen molar-refractivity contribution in [3.05, 3.63) is 38.9 Å². The summed E-state index contributed by atoms with van der Waals surface area (Å²) in [5, 5.41) is 0. The summed E-state index contributed by atoms with van der Waals surface area (Å²) in [5.74, 6) is 1.27. The number of nitrogen functional groups attached to an aromatic ring is 1. The highest BCUT2D eigenvalue weighted by molar-refractivity contribution is 9.11. The second-order valence-corrected chi connectivity index (χ2v) is 6.32. The smallest absolute Gasteiger partial charge is 0.144 e. The minimum Gasteiger partial charge on any atom is -0.384 e. The Morgan fingerprint density at radius 3 is 2.82 bits per heavy atom. The first-order valence-corrected chi connectivity index (χ1v) is 6.74. The van der Waals surface area contributed by atoms with Gasteiger partial charge in [-0.1, -0.05) is 0 Å². The predicted octanol–water partition coefficient (Wildman–Crippen LogP) is 2.51. The highest BCUT2D eigenvalue weighted by atomic mass is 79.9. The van der Waals surface area contributed by atoms with Crippen LogP contribution in [0.2, 0.25) is 0 Å². The number of hydrogen-bond donors (Lipinski definition) is 1. The van der Waals surface area contributed by atoms with E-state index >= 15 is 0 Å². The maximum absolute atomic E-state index is 5.62. The third kappa shape index (κ3) is 3.76. The molecule has 0 saturated heterocycles. The Labute approximate surface area is 113 Å². The summed E-state index contributed by atoms with van der Waals surface area (Å²) in [6.07, 6.45) is 1.69. The molecule has 6 heteroatoms. The third-order valence-corrected chi connectivity index (χ3v) is 3.80. The lowest BCUT2D eigenvalue weighted by molar-refractivity contribution is 0.313. The molecule has 2 heterocycles. The fraction of sp³-hybridized carbons (Fsp3) is 0.273. The van der Waals surface area contributed by atoms with Gasteiger partial charge in [0.2, 0.25) is 0 Å². The van der Waals surface area contributed by atoms with E-state index < -0.39 is 0 Å². The minimum atomic E-state index is 0.516. The molecule has 0 spiro atoms. The predicted molar refractivity (Wildman–Crippen MR) is 73.6 cm³/mol. The van der Waals surface area contributed by atoms with Gasteiger partial charge >= 0.3 is 0 Å². The number of thiophene rings is 1. The summed E-state index contributed by atoms with van der Waals surface area (Å²) in [4.78, 5) is 11.8. The number of nitrogens with two attached hydrogens (primary N) is 1. The first-order valence-electron chi connectivity index (χ1n) is 5.13. The Morgan fingerprint density at radius 2 is 2.18 bits per heavy atom. The van der Waals surface area contributed by atoms with Gasteiger partial charge in [0, 0.05) is 17.6 Å². The molecule has 0 aromatic carbocycles. The first-order chi connectivity index (χ1) is 8.13. The molecular weight excluding hydrogens is 300 g/mol. The van der Waals surface area contributed by atoms with Crippen molar-refractivity contribution in [1.29, 1.82) is 0 Å². The number of halogens is 1. The maximum atomic E-state index is 5.62. The van der Waals surface area contributed by atoms with Crippen LogP contribution < -0.4 is 5.73 Å². The van der Waals surface area contributed by atoms with Crippen molar-refractivity contribution < 1.29 is 0 Å². The fourth-order valence-corrected chi connectivity index (χ4v) is 3.05. The van der Waals surface area contributed by atoms with Crippen molar-refractivity contribution in [1.82, 2.24) is 14.9 Å². The van der Waals surface area contributed by atoms with E-state index in [1.807, 2.05) is 7.05 Å². The van der Waals surface area contributed by atoms with Gasteiger partial charge in [0.25, 0.3) is 0 Å². The van der Waals surface area contributed by atoms with Gasteiger partial charge in [-0.15, -0.1) is 11.3 Å². The van der Waals surface area contributed by atoms with Gasteiger partial charge in [-0.25, -0.2) is 9.97 Å². The lowest BCUT2D eigenvalue weighted by Gasteiger charge is -2.14. The van der Waals surface area contributed by atoms with Gasteiger partial charge in [0.15, 0.2) is 0 Å². The lowest BCUT2D eigenvalue weighted by atomic mass is 10.4. The van der Waals surface area contributed by atoms with Gasteiger partial charge in [-0.3, -0.25) is 4.90 Å². The van der Waals surface area contributed by atoms with Crippen molar-refractivity contribution in [3.8, 4) is 0 Å². The zero-order valence-electron chi connectivity index (χ0n) is 9.43. The molecule has 4 nitrogen and oxygen atoms in total. The third-order valence-electron chi connectivity index (χ3n) is 2.19. The van der Waals surface area contributed by atoms with E-state index in [2.05, 4.69) is 42.9 Å². The van der Waals surface area contributed by atoms with Crippen LogP contribution in [-0.2, 0) is 13.1 Å². The monoisotopic (exact) mass is 312 g/mol. The van der Waals surface area contributed by atoms with E-state index in [1.165, 1.54) is 4.88 Å². The summed E-state index contributed by atoms with van der Waals surface area (Å²) < 4.78 is 1.15. The van der Waals surface area contributed by atoms with E-state index in [1.54, 1.807) is 23.6 Å². The molecule has 2 aromatic rings. The highest BCUT2D eigenvalue weighted by Crippen LogP contribution is 2.23. The van der Waals surface area contributed by atoms with Gasteiger partial charge < -0.3 is 5.73 Å². The largest absolute Gasteiger partial charge is 0.384 e. The summed E-state index contributed by atoms with van der Waals surface area (Å²) in [7, 11) is 2.04. The number of anilines is 1. The van der Waals surface area contributed by atoms with E-state index in [0.717, 1.165) is 16.2 Å². The minimum absolute atomic E-state index is 0.516. The van der Waals surface area contributed by atoms with Crippen LogP contribution in [0.5, 0.6) is 0 Å². The van der Waals surface area contributed by atoms with Crippen LogP contribution in [0.3, 0.4) is 0 Å². The molecule has 0 aliphatic rings. The molecule has 0 fully saturated rings. The molecule has 0 bridgehead atoms. The molecular formula is C11H13BrN4S. The first kappa shape index (κ1) is 12.5. The summed E-state index contributed by atoms with van der Waals surface area (Å²) in [6, 6.07) is 5.87. The van der Waals surface area contributed by atoms with Crippen LogP contribution >= 0.6 is 27.3 Å². The maximum Gasteiger partial charge on any atom is 0.144 e. The number of rotatable bonds is 4. The molecule has 0 aliphatic carbocycles. The average molecular weight is 313 g/mol. The van der Waals surface area contributed by atoms with Gasteiger partial charge in [0.05, 0.1) is 10.3 Å². The normalized spacial score (nSPS) is 11.0. The van der Waals surface area contributed by atoms with Gasteiger partial charge in [0.1, 0.15) is 11.6 Å². The van der Waals surface area contributed by atoms with Gasteiger partial charge in [-0.05, 0) is 41.2 Å². The number of aromatic nitrogens is 2. The van der Waals surface area contributed by atoms with Crippen molar-refractivity contribution in [3.63, 3.8) is 0 Å². The van der Waals surface area contributed by atoms with Crippen molar-refractivity contribution in [2.75, 3.05) is 12.8 Å². The molecule has 90 valence electrons. The van der Waals surface area contributed by atoms with Crippen LogP contribution in [0.4, 0.5) is 5.82 Å². The lowest BCUT2D eigenvalue weighted by Crippen LogP contribution is -2.18. The standard InChI is InChI=1S/C11H13BrN4S/c1-16(6-8-2-3-9(12)17-8)7-11-14-5-4-10(13)15-11/h2-5H,6-7H2,1H3,(H2,13,14,15). The molecule has 0 saturated carbocycles. The second kappa shape index (κ2) is 5.57. The van der Waals surface area contributed by atoms with E-state index in [9.17, 15) is 0 Å². The topological polar surface area (TPSA) is 55.0 Å². The highest BCUT2D eigenvalue weighted by Gasteiger charge is 2.05. The zero-order valence-corrected chi connectivity index (χ0v) is 11.8. The van der Waals surface area contributed by atoms with Crippen molar-refractivity contribution in [2.24, 2.45) is 0 Å². The molecule has 2 aromatic heterocycles. The number of hydrogen-bond acceptors (Lipinski definition) is 5. The molecule has 0 aliphatic heterocycles. The van der Waals surface area contributed by atoms with Crippen LogP contribution in [0, 0.1) is 0 Å². The molecule has 2 rings (SSSR count). The molecule has 17 heavy (non-hydrogen) atoms. The molecule has 0 unspecified atom stereocenters. The Bertz CT molecular complexity index is 500. The number of nitrogens with zero attached hydrogens (tertiary/aromatic N) is 3. The summed E-state index contributed by atoms with van der Waals surface area (Å²) in [5.41, 5.74) is 5.62. The Hall–Kier alpha value is -0.980. The molecule has 0 radical (unpaired) electrons. The van der Waals surface area contributed by atoms with Crippen molar-refractivity contribution >= 4 is 33.1 Å². The summed E-state index contributed by atoms with van der Waals surface area (Å²) >= 11 is 5.20. The quantitative estimate of drug-likeness (QED) is 0.942. The second-order valence-electron chi connectivity index (χ2n) is 3.78. The van der Waals surface area contributed by atoms with E-state index in [0.29, 0.717) is 12.4 Å². The zero-order chi connectivity index (χ0) is 12.3. The fourth-order valence-electron chi connectivity index (χ4n) is 1.49. The van der Waals surface area contributed by atoms with Crippen molar-refractivity contribution in [2.45, 2.75) is 13.1 Å². The average Bonchev–Trinajstić information content (AvgIpc) is 2.63. The SMILES string of the molecule is CN(Cc1nccc(N)n1)Cc1ccc(Br)s1. The Morgan fingerprint density at radius 1 is 1.35 bits per heavy atom. The molecule has 0 atom stereocenters. The van der Waals surface area contributed by atoms with Crippen LogP contribution in [0.25, 0.3) is 0 Å².